The number of nitrogens with zero attached hydrogens (tertiary/aromatic N) is 2. The number of rotatable bonds is 11. The first-order valence-corrected chi connectivity index (χ1v) is 11.5. The molecular formula is C23H33F3N4O3. The maximum atomic E-state index is 14.0. The van der Waals surface area contributed by atoms with E-state index in [4.69, 9.17) is 4.74 Å². The topological polar surface area (TPSA) is 73.9 Å². The van der Waals surface area contributed by atoms with Gasteiger partial charge in [-0.2, -0.15) is 13.2 Å². The summed E-state index contributed by atoms with van der Waals surface area (Å²) in [4.78, 5) is 28.0. The number of carbonyl (C=O) groups is 2. The number of unbranched alkanes of at least 4 members (excludes halogenated alkanes) is 1. The molecule has 1 aliphatic carbocycles. The van der Waals surface area contributed by atoms with E-state index in [0.29, 0.717) is 38.2 Å². The summed E-state index contributed by atoms with van der Waals surface area (Å²) >= 11 is 0. The highest BCUT2D eigenvalue weighted by Gasteiger charge is 2.39. The zero-order chi connectivity index (χ0) is 24.0. The SMILES string of the molecule is COCCCCN(C)c1cc(C(=O)N[C@@H]2CCCNC2)c(C(F)(F)F)cc1N(C=O)C1CC1. The summed E-state index contributed by atoms with van der Waals surface area (Å²) < 4.78 is 47.2. The Labute approximate surface area is 192 Å². The summed E-state index contributed by atoms with van der Waals surface area (Å²) in [5.41, 5.74) is -0.823. The van der Waals surface area contributed by atoms with Gasteiger partial charge in [0, 0.05) is 45.9 Å². The molecule has 1 atom stereocenters. The van der Waals surface area contributed by atoms with Crippen molar-refractivity contribution in [3.8, 4) is 0 Å². The van der Waals surface area contributed by atoms with E-state index in [1.165, 1.54) is 11.0 Å². The van der Waals surface area contributed by atoms with Crippen LogP contribution in [0.25, 0.3) is 0 Å². The first-order valence-electron chi connectivity index (χ1n) is 11.5. The third kappa shape index (κ3) is 6.60. The van der Waals surface area contributed by atoms with Gasteiger partial charge in [0.2, 0.25) is 6.41 Å². The van der Waals surface area contributed by atoms with Crippen LogP contribution in [0.1, 0.15) is 54.4 Å². The monoisotopic (exact) mass is 470 g/mol. The Kier molecular flexibility index (Phi) is 8.58. The normalized spacial score (nSPS) is 18.6. The number of anilines is 2. The van der Waals surface area contributed by atoms with E-state index >= 15 is 0 Å². The molecule has 0 aromatic heterocycles. The largest absolute Gasteiger partial charge is 0.417 e. The fourth-order valence-corrected chi connectivity index (χ4v) is 4.16. The molecule has 1 heterocycles. The molecule has 0 radical (unpaired) electrons. The van der Waals surface area contributed by atoms with Gasteiger partial charge in [0.1, 0.15) is 0 Å². The number of amides is 2. The molecule has 10 heteroatoms. The van der Waals surface area contributed by atoms with E-state index in [2.05, 4.69) is 10.6 Å². The molecule has 2 aliphatic rings. The molecule has 1 saturated heterocycles. The van der Waals surface area contributed by atoms with Crippen LogP contribution in [0, 0.1) is 0 Å². The molecule has 2 N–H and O–H groups in total. The molecule has 0 unspecified atom stereocenters. The number of alkyl halides is 3. The highest BCUT2D eigenvalue weighted by atomic mass is 19.4. The molecule has 0 bridgehead atoms. The fraction of sp³-hybridized carbons (Fsp3) is 0.652. The van der Waals surface area contributed by atoms with Crippen molar-refractivity contribution in [2.45, 2.75) is 56.8 Å². The number of benzene rings is 1. The van der Waals surface area contributed by atoms with Crippen molar-refractivity contribution in [2.75, 3.05) is 50.2 Å². The lowest BCUT2D eigenvalue weighted by Crippen LogP contribution is -2.46. The Hall–Kier alpha value is -2.33. The van der Waals surface area contributed by atoms with Gasteiger partial charge in [0.05, 0.1) is 22.5 Å². The Morgan fingerprint density at radius 1 is 1.24 bits per heavy atom. The Morgan fingerprint density at radius 3 is 2.58 bits per heavy atom. The highest BCUT2D eigenvalue weighted by molar-refractivity contribution is 5.99. The van der Waals surface area contributed by atoms with E-state index in [-0.39, 0.29) is 17.8 Å². The first kappa shape index (κ1) is 25.3. The van der Waals surface area contributed by atoms with Gasteiger partial charge in [-0.05, 0) is 57.2 Å². The van der Waals surface area contributed by atoms with Gasteiger partial charge in [-0.3, -0.25) is 9.59 Å². The van der Waals surface area contributed by atoms with Crippen LogP contribution < -0.4 is 20.4 Å². The summed E-state index contributed by atoms with van der Waals surface area (Å²) in [7, 11) is 3.38. The highest BCUT2D eigenvalue weighted by Crippen LogP contribution is 2.42. The number of hydrogen-bond acceptors (Lipinski definition) is 5. The number of piperidine rings is 1. The van der Waals surface area contributed by atoms with Crippen molar-refractivity contribution < 1.29 is 27.5 Å². The maximum Gasteiger partial charge on any atom is 0.417 e. The average molecular weight is 471 g/mol. The van der Waals surface area contributed by atoms with Crippen molar-refractivity contribution in [3.05, 3.63) is 23.3 Å². The third-order valence-corrected chi connectivity index (χ3v) is 6.13. The minimum Gasteiger partial charge on any atom is -0.385 e. The van der Waals surface area contributed by atoms with Gasteiger partial charge in [0.15, 0.2) is 0 Å². The molecule has 1 aliphatic heterocycles. The molecule has 33 heavy (non-hydrogen) atoms. The maximum absolute atomic E-state index is 14.0. The summed E-state index contributed by atoms with van der Waals surface area (Å²) in [5.74, 6) is -0.749. The number of halogens is 3. The summed E-state index contributed by atoms with van der Waals surface area (Å²) in [5, 5.41) is 5.90. The Morgan fingerprint density at radius 2 is 2.00 bits per heavy atom. The van der Waals surface area contributed by atoms with Crippen LogP contribution in [0.5, 0.6) is 0 Å². The zero-order valence-corrected chi connectivity index (χ0v) is 19.2. The van der Waals surface area contributed by atoms with Crippen molar-refractivity contribution in [1.82, 2.24) is 10.6 Å². The van der Waals surface area contributed by atoms with Gasteiger partial charge in [0.25, 0.3) is 5.91 Å². The van der Waals surface area contributed by atoms with Crippen LogP contribution in [-0.4, -0.2) is 64.8 Å². The van der Waals surface area contributed by atoms with Crippen LogP contribution >= 0.6 is 0 Å². The molecule has 2 fully saturated rings. The molecule has 7 nitrogen and oxygen atoms in total. The van der Waals surface area contributed by atoms with E-state index in [1.807, 2.05) is 4.90 Å². The fourth-order valence-electron chi connectivity index (χ4n) is 4.16. The minimum absolute atomic E-state index is 0.114. The summed E-state index contributed by atoms with van der Waals surface area (Å²) in [6, 6.07) is 1.91. The van der Waals surface area contributed by atoms with Crippen LogP contribution in [0.15, 0.2) is 12.1 Å². The lowest BCUT2D eigenvalue weighted by atomic mass is 10.0. The number of ether oxygens (including phenoxy) is 1. The van der Waals surface area contributed by atoms with Crippen molar-refractivity contribution in [1.29, 1.82) is 0 Å². The molecule has 1 aromatic carbocycles. The van der Waals surface area contributed by atoms with Crippen molar-refractivity contribution in [2.24, 2.45) is 0 Å². The van der Waals surface area contributed by atoms with Crippen molar-refractivity contribution >= 4 is 23.7 Å². The number of carbonyl (C=O) groups excluding carboxylic acids is 2. The van der Waals surface area contributed by atoms with Crippen LogP contribution in [0.3, 0.4) is 0 Å². The number of hydrogen-bond donors (Lipinski definition) is 2. The standard InChI is InChI=1S/C23H33F3N4O3/c1-29(10-3-4-11-33-2)20-12-18(22(32)28-16-6-5-9-27-14-16)19(23(24,25)26)13-21(20)30(15-31)17-7-8-17/h12-13,15-17,27H,3-11,14H2,1-2H3,(H,28,32)/t16-/m1/s1. The van der Waals surface area contributed by atoms with E-state index in [9.17, 15) is 22.8 Å². The molecule has 3 rings (SSSR count). The average Bonchev–Trinajstić information content (AvgIpc) is 3.62. The second kappa shape index (κ2) is 11.2. The van der Waals surface area contributed by atoms with Gasteiger partial charge >= 0.3 is 6.18 Å². The van der Waals surface area contributed by atoms with Crippen LogP contribution in [0.2, 0.25) is 0 Å². The third-order valence-electron chi connectivity index (χ3n) is 6.13. The van der Waals surface area contributed by atoms with Gasteiger partial charge < -0.3 is 25.2 Å². The number of methoxy groups -OCH3 is 1. The molecule has 1 saturated carbocycles. The van der Waals surface area contributed by atoms with Crippen molar-refractivity contribution in [3.63, 3.8) is 0 Å². The Balaban J connectivity index is 1.99. The van der Waals surface area contributed by atoms with Crippen LogP contribution in [-0.2, 0) is 15.7 Å². The molecular weight excluding hydrogens is 437 g/mol. The molecule has 0 spiro atoms. The zero-order valence-electron chi connectivity index (χ0n) is 19.2. The van der Waals surface area contributed by atoms with Gasteiger partial charge in [-0.15, -0.1) is 0 Å². The van der Waals surface area contributed by atoms with E-state index in [0.717, 1.165) is 44.7 Å². The second-order valence-corrected chi connectivity index (χ2v) is 8.77. The Bertz CT molecular complexity index is 824. The predicted molar refractivity (Wildman–Crippen MR) is 121 cm³/mol. The summed E-state index contributed by atoms with van der Waals surface area (Å²) in [6.07, 6.45) is 0.445. The molecule has 2 amide bonds. The van der Waals surface area contributed by atoms with Crippen LogP contribution in [0.4, 0.5) is 24.5 Å². The predicted octanol–water partition coefficient (Wildman–Crippen LogP) is 3.18. The van der Waals surface area contributed by atoms with Gasteiger partial charge in [-0.25, -0.2) is 0 Å². The van der Waals surface area contributed by atoms with Gasteiger partial charge in [-0.1, -0.05) is 0 Å². The quantitative estimate of drug-likeness (QED) is 0.384. The summed E-state index contributed by atoms with van der Waals surface area (Å²) in [6.45, 7) is 2.49. The lowest BCUT2D eigenvalue weighted by molar-refractivity contribution is -0.138. The molecule has 184 valence electrons. The number of nitrogens with one attached hydrogen (secondary N) is 2. The van der Waals surface area contributed by atoms with E-state index in [1.54, 1.807) is 14.2 Å². The van der Waals surface area contributed by atoms with E-state index < -0.39 is 23.2 Å². The first-order chi connectivity index (χ1) is 15.8. The second-order valence-electron chi connectivity index (χ2n) is 8.77. The molecule has 1 aromatic rings. The minimum atomic E-state index is -4.74. The lowest BCUT2D eigenvalue weighted by Gasteiger charge is -2.30. The smallest absolute Gasteiger partial charge is 0.385 e.